The Labute approximate surface area is 219 Å². The van der Waals surface area contributed by atoms with Gasteiger partial charge in [0, 0.05) is 29.4 Å². The third-order valence-electron chi connectivity index (χ3n) is 7.54. The number of nitrogens with one attached hydrogen (secondary N) is 1. The summed E-state index contributed by atoms with van der Waals surface area (Å²) in [6.07, 6.45) is 0.953. The predicted octanol–water partition coefficient (Wildman–Crippen LogP) is 6.19. The average Bonchev–Trinajstić information content (AvgIpc) is 3.48. The van der Waals surface area contributed by atoms with Crippen LogP contribution in [0.15, 0.2) is 60.7 Å². The molecule has 3 N–H and O–H groups in total. The van der Waals surface area contributed by atoms with Crippen molar-refractivity contribution in [1.82, 2.24) is 10.3 Å². The van der Waals surface area contributed by atoms with E-state index in [9.17, 15) is 13.6 Å². The highest BCUT2D eigenvalue weighted by Crippen LogP contribution is 2.54. The number of nitrogens with two attached hydrogens (primary N) is 1. The van der Waals surface area contributed by atoms with E-state index in [2.05, 4.69) is 17.2 Å². The minimum Gasteiger partial charge on any atom is -0.384 e. The predicted molar refractivity (Wildman–Crippen MR) is 142 cm³/mol. The number of amides is 1. The number of aromatic nitrogens is 1. The van der Waals surface area contributed by atoms with E-state index >= 15 is 0 Å². The highest BCUT2D eigenvalue weighted by atomic mass is 19.1. The molecule has 0 fully saturated rings. The van der Waals surface area contributed by atoms with Crippen LogP contribution in [0.1, 0.15) is 75.5 Å². The maximum Gasteiger partial charge on any atom is 0.251 e. The molecule has 192 valence electrons. The van der Waals surface area contributed by atoms with Crippen molar-refractivity contribution in [2.24, 2.45) is 0 Å². The third-order valence-corrected chi connectivity index (χ3v) is 7.54. The van der Waals surface area contributed by atoms with Crippen LogP contribution in [0.2, 0.25) is 0 Å². The van der Waals surface area contributed by atoms with Crippen molar-refractivity contribution in [1.29, 1.82) is 0 Å². The number of benzene rings is 3. The number of hydrogen-bond acceptors (Lipinski definition) is 4. The minimum atomic E-state index is -0.612. The molecule has 2 aliphatic rings. The van der Waals surface area contributed by atoms with Gasteiger partial charge in [0.1, 0.15) is 29.7 Å². The lowest BCUT2D eigenvalue weighted by Crippen LogP contribution is -2.25. The molecule has 0 radical (unpaired) electrons. The molecule has 0 saturated heterocycles. The Morgan fingerprint density at radius 2 is 1.66 bits per heavy atom. The number of nitrogens with zero attached hydrogens (tertiary/aromatic N) is 1. The van der Waals surface area contributed by atoms with Crippen molar-refractivity contribution < 1.29 is 18.3 Å². The molecule has 1 aromatic heterocycles. The number of ether oxygens (including phenoxy) is 1. The number of anilines is 1. The van der Waals surface area contributed by atoms with Gasteiger partial charge in [-0.2, -0.15) is 0 Å². The van der Waals surface area contributed by atoms with Crippen LogP contribution in [0.4, 0.5) is 14.6 Å². The van der Waals surface area contributed by atoms with Crippen LogP contribution in [0.5, 0.6) is 0 Å². The second-order valence-electron chi connectivity index (χ2n) is 9.73. The van der Waals surface area contributed by atoms with Crippen molar-refractivity contribution in [2.75, 3.05) is 5.73 Å². The molecular formula is C31H27F2N3O2. The fraction of sp³-hybridized carbons (Fsp3) is 0.226. The summed E-state index contributed by atoms with van der Waals surface area (Å²) in [4.78, 5) is 17.6. The molecule has 3 heterocycles. The zero-order valence-electron chi connectivity index (χ0n) is 21.1. The molecule has 2 bridgehead atoms. The highest BCUT2D eigenvalue weighted by molar-refractivity contribution is 5.94. The van der Waals surface area contributed by atoms with Gasteiger partial charge in [-0.3, -0.25) is 4.79 Å². The van der Waals surface area contributed by atoms with Crippen LogP contribution in [0.25, 0.3) is 11.1 Å². The van der Waals surface area contributed by atoms with Crippen LogP contribution < -0.4 is 11.1 Å². The van der Waals surface area contributed by atoms with Gasteiger partial charge >= 0.3 is 0 Å². The summed E-state index contributed by atoms with van der Waals surface area (Å²) in [7, 11) is 0. The molecule has 2 aliphatic heterocycles. The maximum atomic E-state index is 14.4. The maximum absolute atomic E-state index is 14.4. The second kappa shape index (κ2) is 9.33. The summed E-state index contributed by atoms with van der Waals surface area (Å²) in [5.41, 5.74) is 14.4. The standard InChI is InChI=1S/C31H27F2N3O2/c1-3-16-13-28(34)36-27(4-2)25(16)15-35-31(37)18-6-9-22-24(12-18)30-23-11-17(5-8-21(23)29(22)38-30)20-10-7-19(32)14-26(20)33/h5-14,29-30H,3-4,15H2,1-2H3,(H2,34,36)(H,35,37)/t29-,30+/m0/s1. The number of pyridine rings is 1. The first-order valence-corrected chi connectivity index (χ1v) is 12.8. The number of carbonyl (C=O) groups excluding carboxylic acids is 1. The molecule has 0 unspecified atom stereocenters. The van der Waals surface area contributed by atoms with E-state index in [1.165, 1.54) is 12.1 Å². The summed E-state index contributed by atoms with van der Waals surface area (Å²) >= 11 is 0. The van der Waals surface area contributed by atoms with E-state index in [0.717, 1.165) is 58.0 Å². The SMILES string of the molecule is CCc1cc(N)nc(CC)c1CNC(=O)c1ccc2c(c1)[C@@H]1O[C@H]2c2ccc(-c3ccc(F)cc3F)cc21. The molecule has 2 atom stereocenters. The van der Waals surface area contributed by atoms with Gasteiger partial charge in [0.05, 0.1) is 0 Å². The summed E-state index contributed by atoms with van der Waals surface area (Å²) in [5.74, 6) is -0.909. The number of aryl methyl sites for hydroxylation is 2. The summed E-state index contributed by atoms with van der Waals surface area (Å²) in [6.45, 7) is 4.45. The Kier molecular flexibility index (Phi) is 5.95. The van der Waals surface area contributed by atoms with Gasteiger partial charge in [-0.15, -0.1) is 0 Å². The average molecular weight is 512 g/mol. The largest absolute Gasteiger partial charge is 0.384 e. The van der Waals surface area contributed by atoms with Crippen molar-refractivity contribution in [3.8, 4) is 11.1 Å². The van der Waals surface area contributed by atoms with Gasteiger partial charge < -0.3 is 15.8 Å². The third kappa shape index (κ3) is 3.94. The fourth-order valence-corrected chi connectivity index (χ4v) is 5.68. The van der Waals surface area contributed by atoms with E-state index in [1.807, 2.05) is 49.4 Å². The number of halogens is 2. The van der Waals surface area contributed by atoms with Crippen LogP contribution in [0, 0.1) is 11.6 Å². The Balaban J connectivity index is 1.26. The van der Waals surface area contributed by atoms with Crippen LogP contribution in [0.3, 0.4) is 0 Å². The molecule has 1 amide bonds. The Bertz CT molecular complexity index is 1580. The van der Waals surface area contributed by atoms with Gasteiger partial charge in [0.25, 0.3) is 5.91 Å². The highest BCUT2D eigenvalue weighted by Gasteiger charge is 2.43. The quantitative estimate of drug-likeness (QED) is 0.324. The molecule has 0 spiro atoms. The summed E-state index contributed by atoms with van der Waals surface area (Å²) < 4.78 is 34.1. The number of nitrogen functional groups attached to an aromatic ring is 1. The summed E-state index contributed by atoms with van der Waals surface area (Å²) in [6, 6.07) is 16.8. The molecule has 0 saturated carbocycles. The van der Waals surface area contributed by atoms with Gasteiger partial charge in [-0.05, 0) is 88.2 Å². The Hall–Kier alpha value is -4.10. The minimum absolute atomic E-state index is 0.182. The molecule has 4 aromatic rings. The first-order valence-electron chi connectivity index (χ1n) is 12.8. The topological polar surface area (TPSA) is 77.2 Å². The van der Waals surface area contributed by atoms with Gasteiger partial charge in [-0.1, -0.05) is 32.0 Å². The lowest BCUT2D eigenvalue weighted by molar-refractivity contribution is 0.0857. The first-order chi connectivity index (χ1) is 18.4. The summed E-state index contributed by atoms with van der Waals surface area (Å²) in [5, 5.41) is 3.05. The first kappa shape index (κ1) is 24.2. The van der Waals surface area contributed by atoms with Crippen LogP contribution in [-0.2, 0) is 24.1 Å². The zero-order chi connectivity index (χ0) is 26.6. The van der Waals surface area contributed by atoms with Crippen LogP contribution >= 0.6 is 0 Å². The second-order valence-corrected chi connectivity index (χ2v) is 9.73. The molecular weight excluding hydrogens is 484 g/mol. The van der Waals surface area contributed by atoms with E-state index in [-0.39, 0.29) is 18.1 Å². The Morgan fingerprint density at radius 1 is 0.921 bits per heavy atom. The number of hydrogen-bond donors (Lipinski definition) is 2. The Morgan fingerprint density at radius 3 is 2.39 bits per heavy atom. The molecule has 38 heavy (non-hydrogen) atoms. The van der Waals surface area contributed by atoms with E-state index in [4.69, 9.17) is 10.5 Å². The van der Waals surface area contributed by atoms with Gasteiger partial charge in [0.2, 0.25) is 0 Å². The molecule has 5 nitrogen and oxygen atoms in total. The number of fused-ring (bicyclic) bond motifs is 8. The number of carbonyl (C=O) groups is 1. The fourth-order valence-electron chi connectivity index (χ4n) is 5.68. The van der Waals surface area contributed by atoms with Crippen LogP contribution in [-0.4, -0.2) is 10.9 Å². The van der Waals surface area contributed by atoms with Crippen molar-refractivity contribution in [3.05, 3.63) is 117 Å². The lowest BCUT2D eigenvalue weighted by Gasteiger charge is -2.18. The smallest absolute Gasteiger partial charge is 0.251 e. The van der Waals surface area contributed by atoms with E-state index < -0.39 is 11.6 Å². The zero-order valence-corrected chi connectivity index (χ0v) is 21.1. The molecule has 6 rings (SSSR count). The molecule has 0 aliphatic carbocycles. The number of rotatable bonds is 6. The van der Waals surface area contributed by atoms with Gasteiger partial charge in [-0.25, -0.2) is 13.8 Å². The van der Waals surface area contributed by atoms with Gasteiger partial charge in [0.15, 0.2) is 0 Å². The van der Waals surface area contributed by atoms with Crippen molar-refractivity contribution >= 4 is 11.7 Å². The monoisotopic (exact) mass is 511 g/mol. The van der Waals surface area contributed by atoms with E-state index in [0.29, 0.717) is 29.1 Å². The normalized spacial score (nSPS) is 16.8. The molecule has 7 heteroatoms. The molecule has 3 aromatic carbocycles. The lowest BCUT2D eigenvalue weighted by atomic mass is 9.83. The van der Waals surface area contributed by atoms with E-state index in [1.54, 1.807) is 0 Å². The van der Waals surface area contributed by atoms with Crippen molar-refractivity contribution in [3.63, 3.8) is 0 Å². The van der Waals surface area contributed by atoms with Crippen molar-refractivity contribution in [2.45, 2.75) is 45.4 Å².